The summed E-state index contributed by atoms with van der Waals surface area (Å²) in [4.78, 5) is 25.5. The minimum absolute atomic E-state index is 0.0895. The van der Waals surface area contributed by atoms with E-state index in [2.05, 4.69) is 25.6 Å². The predicted molar refractivity (Wildman–Crippen MR) is 129 cm³/mol. The van der Waals surface area contributed by atoms with Gasteiger partial charge in [0.05, 0.1) is 16.2 Å². The third kappa shape index (κ3) is 4.28. The molecular weight excluding hydrogens is 450 g/mol. The van der Waals surface area contributed by atoms with Gasteiger partial charge in [-0.25, -0.2) is 18.7 Å². The fourth-order valence-corrected chi connectivity index (χ4v) is 4.18. The van der Waals surface area contributed by atoms with E-state index < -0.39 is 15.7 Å². The minimum Gasteiger partial charge on any atom is -0.340 e. The highest BCUT2D eigenvalue weighted by atomic mass is 32.2. The number of sulfone groups is 1. The van der Waals surface area contributed by atoms with E-state index in [-0.39, 0.29) is 4.90 Å². The Morgan fingerprint density at radius 1 is 0.882 bits per heavy atom. The van der Waals surface area contributed by atoms with Gasteiger partial charge in [0, 0.05) is 48.5 Å². The molecule has 1 aliphatic rings. The van der Waals surface area contributed by atoms with Crippen molar-refractivity contribution in [1.29, 1.82) is 0 Å². The molecule has 34 heavy (non-hydrogen) atoms. The molecule has 0 saturated carbocycles. The van der Waals surface area contributed by atoms with Crippen molar-refractivity contribution in [2.75, 3.05) is 11.6 Å². The molecule has 8 nitrogen and oxygen atoms in total. The van der Waals surface area contributed by atoms with Gasteiger partial charge < -0.3 is 5.32 Å². The molecule has 0 unspecified atom stereocenters. The maximum Gasteiger partial charge on any atom is 0.281 e. The fraction of sp³-hybridized carbons (Fsp3) is 0.0400. The zero-order valence-electron chi connectivity index (χ0n) is 18.0. The zero-order valence-corrected chi connectivity index (χ0v) is 18.8. The van der Waals surface area contributed by atoms with Gasteiger partial charge in [-0.1, -0.05) is 18.2 Å². The number of pyridine rings is 3. The molecular formula is C25H18N5O3S. The molecule has 167 valence electrons. The van der Waals surface area contributed by atoms with Gasteiger partial charge in [0.25, 0.3) is 5.91 Å². The number of amides is 1. The lowest BCUT2D eigenvalue weighted by molar-refractivity contribution is 0.0965. The molecule has 0 spiro atoms. The third-order valence-electron chi connectivity index (χ3n) is 5.29. The standard InChI is InChI=1S/C25H18N5O3S/c1-34(32,33)21-11-19(14-27-15-21)22-12-17-8-10-28-25(31)23(17)24(30-22)29-20-6-4-16(5-7-20)18-3-2-9-26-13-18/h2-15H,1H3,(H,29,30). The average molecular weight is 469 g/mol. The van der Waals surface area contributed by atoms with Gasteiger partial charge in [-0.05, 0) is 53.1 Å². The van der Waals surface area contributed by atoms with Gasteiger partial charge in [-0.3, -0.25) is 14.8 Å². The summed E-state index contributed by atoms with van der Waals surface area (Å²) in [7, 11) is -3.44. The van der Waals surface area contributed by atoms with Gasteiger partial charge in [-0.2, -0.15) is 0 Å². The number of fused-ring (bicyclic) bond motifs is 1. The van der Waals surface area contributed by atoms with Crippen molar-refractivity contribution in [2.24, 2.45) is 0 Å². The van der Waals surface area contributed by atoms with Crippen molar-refractivity contribution in [1.82, 2.24) is 20.3 Å². The first-order valence-electron chi connectivity index (χ1n) is 10.3. The summed E-state index contributed by atoms with van der Waals surface area (Å²) in [6, 6.07) is 14.7. The van der Waals surface area contributed by atoms with Gasteiger partial charge >= 0.3 is 0 Å². The maximum atomic E-state index is 12.6. The molecule has 1 aliphatic heterocycles. The minimum atomic E-state index is -3.44. The number of carbonyl (C=O) groups is 1. The van der Waals surface area contributed by atoms with Crippen LogP contribution in [0.4, 0.5) is 11.5 Å². The third-order valence-corrected chi connectivity index (χ3v) is 6.37. The smallest absolute Gasteiger partial charge is 0.281 e. The Morgan fingerprint density at radius 3 is 2.41 bits per heavy atom. The SMILES string of the molecule is CS(=O)(=O)c1cncc(-c2cc3c(c(Nc4ccc(-c5cccnc5)cc4)n2)C(=O)[N]C=C3)c1. The highest BCUT2D eigenvalue weighted by Crippen LogP contribution is 2.31. The van der Waals surface area contributed by atoms with E-state index in [4.69, 9.17) is 0 Å². The fourth-order valence-electron chi connectivity index (χ4n) is 3.59. The van der Waals surface area contributed by atoms with Crippen molar-refractivity contribution in [3.05, 3.63) is 90.6 Å². The topological polar surface area (TPSA) is 116 Å². The van der Waals surface area contributed by atoms with Crippen LogP contribution in [-0.2, 0) is 9.84 Å². The summed E-state index contributed by atoms with van der Waals surface area (Å²) >= 11 is 0. The van der Waals surface area contributed by atoms with Crippen molar-refractivity contribution in [3.63, 3.8) is 0 Å². The van der Waals surface area contributed by atoms with E-state index in [1.807, 2.05) is 36.4 Å². The molecule has 9 heteroatoms. The normalized spacial score (nSPS) is 12.7. The summed E-state index contributed by atoms with van der Waals surface area (Å²) in [6.07, 6.45) is 10.6. The highest BCUT2D eigenvalue weighted by molar-refractivity contribution is 7.90. The van der Waals surface area contributed by atoms with Crippen molar-refractivity contribution >= 4 is 33.3 Å². The first-order valence-corrected chi connectivity index (χ1v) is 12.2. The van der Waals surface area contributed by atoms with Crippen LogP contribution < -0.4 is 10.6 Å². The lowest BCUT2D eigenvalue weighted by Gasteiger charge is -2.17. The van der Waals surface area contributed by atoms with Crippen molar-refractivity contribution in [2.45, 2.75) is 4.90 Å². The van der Waals surface area contributed by atoms with Gasteiger partial charge in [-0.15, -0.1) is 0 Å². The second kappa shape index (κ2) is 8.53. The Kier molecular flexibility index (Phi) is 5.39. The molecule has 4 aromatic rings. The van der Waals surface area contributed by atoms with E-state index in [1.54, 1.807) is 24.5 Å². The Hall–Kier alpha value is -4.37. The highest BCUT2D eigenvalue weighted by Gasteiger charge is 2.23. The number of benzene rings is 1. The number of aromatic nitrogens is 3. The largest absolute Gasteiger partial charge is 0.340 e. The Bertz CT molecular complexity index is 1530. The molecule has 1 radical (unpaired) electrons. The van der Waals surface area contributed by atoms with Gasteiger partial charge in [0.1, 0.15) is 5.82 Å². The Morgan fingerprint density at radius 2 is 1.68 bits per heavy atom. The van der Waals surface area contributed by atoms with Crippen LogP contribution in [0.3, 0.4) is 0 Å². The van der Waals surface area contributed by atoms with E-state index in [9.17, 15) is 13.2 Å². The van der Waals surface area contributed by atoms with Crippen molar-refractivity contribution < 1.29 is 13.2 Å². The van der Waals surface area contributed by atoms with Gasteiger partial charge in [0.2, 0.25) is 0 Å². The van der Waals surface area contributed by atoms with Crippen molar-refractivity contribution in [3.8, 4) is 22.4 Å². The summed E-state index contributed by atoms with van der Waals surface area (Å²) in [6.45, 7) is 0. The lowest BCUT2D eigenvalue weighted by atomic mass is 10.0. The van der Waals surface area contributed by atoms with E-state index in [0.29, 0.717) is 28.2 Å². The maximum absolute atomic E-state index is 12.6. The predicted octanol–water partition coefficient (Wildman–Crippen LogP) is 4.08. The molecule has 1 amide bonds. The molecule has 0 saturated heterocycles. The number of nitrogens with one attached hydrogen (secondary N) is 1. The van der Waals surface area contributed by atoms with Crippen LogP contribution in [0.5, 0.6) is 0 Å². The van der Waals surface area contributed by atoms with Crippen LogP contribution >= 0.6 is 0 Å². The second-order valence-electron chi connectivity index (χ2n) is 7.70. The van der Waals surface area contributed by atoms with E-state index >= 15 is 0 Å². The second-order valence-corrected chi connectivity index (χ2v) is 9.71. The van der Waals surface area contributed by atoms with Crippen LogP contribution in [0.15, 0.2) is 84.4 Å². The Balaban J connectivity index is 1.56. The lowest BCUT2D eigenvalue weighted by Crippen LogP contribution is -2.18. The molecule has 3 aromatic heterocycles. The molecule has 0 bridgehead atoms. The van der Waals surface area contributed by atoms with E-state index in [1.165, 1.54) is 24.7 Å². The summed E-state index contributed by atoms with van der Waals surface area (Å²) in [5.74, 6) is -0.0847. The number of nitrogens with zero attached hydrogens (tertiary/aromatic N) is 4. The number of anilines is 2. The summed E-state index contributed by atoms with van der Waals surface area (Å²) in [5, 5.41) is 7.09. The molecule has 1 aromatic carbocycles. The number of carbonyl (C=O) groups excluding carboxylic acids is 1. The molecule has 0 atom stereocenters. The molecule has 4 heterocycles. The number of rotatable bonds is 5. The van der Waals surface area contributed by atoms with Crippen LogP contribution in [0.2, 0.25) is 0 Å². The molecule has 1 N–H and O–H groups in total. The molecule has 0 fully saturated rings. The molecule has 5 rings (SSSR count). The first-order chi connectivity index (χ1) is 16.4. The van der Waals surface area contributed by atoms with Crippen LogP contribution in [0.25, 0.3) is 28.5 Å². The number of hydrogen-bond donors (Lipinski definition) is 1. The van der Waals surface area contributed by atoms with Gasteiger partial charge in [0.15, 0.2) is 9.84 Å². The van der Waals surface area contributed by atoms with Crippen LogP contribution in [-0.4, -0.2) is 35.5 Å². The zero-order chi connectivity index (χ0) is 23.7. The molecule has 0 aliphatic carbocycles. The summed E-state index contributed by atoms with van der Waals surface area (Å²) in [5.41, 5.74) is 4.68. The Labute approximate surface area is 196 Å². The van der Waals surface area contributed by atoms with Crippen LogP contribution in [0, 0.1) is 0 Å². The summed E-state index contributed by atoms with van der Waals surface area (Å²) < 4.78 is 24.0. The average Bonchev–Trinajstić information content (AvgIpc) is 2.84. The monoisotopic (exact) mass is 468 g/mol. The quantitative estimate of drug-likeness (QED) is 0.469. The van der Waals surface area contributed by atoms with E-state index in [0.717, 1.165) is 23.1 Å². The van der Waals surface area contributed by atoms with Crippen LogP contribution in [0.1, 0.15) is 15.9 Å². The first kappa shape index (κ1) is 21.5. The number of hydrogen-bond acceptors (Lipinski definition) is 7.